The Morgan fingerprint density at radius 3 is 2.43 bits per heavy atom. The fourth-order valence-electron chi connectivity index (χ4n) is 3.92. The summed E-state index contributed by atoms with van der Waals surface area (Å²) in [5.41, 5.74) is 2.15. The van der Waals surface area contributed by atoms with E-state index >= 15 is 0 Å². The molecule has 0 radical (unpaired) electrons. The van der Waals surface area contributed by atoms with Gasteiger partial charge >= 0.3 is 5.97 Å². The van der Waals surface area contributed by atoms with Gasteiger partial charge in [-0.05, 0) is 34.1 Å². The van der Waals surface area contributed by atoms with Crippen LogP contribution in [0.5, 0.6) is 0 Å². The number of aliphatic carboxylic acids is 1. The third kappa shape index (κ3) is 5.44. The van der Waals surface area contributed by atoms with E-state index in [1.54, 1.807) is 0 Å². The summed E-state index contributed by atoms with van der Waals surface area (Å²) in [4.78, 5) is 25.3. The van der Waals surface area contributed by atoms with E-state index in [1.807, 2.05) is 52.1 Å². The standard InChI is InChI=1S/C24H34ClNO4/c1-15(2)18-14-26(10-9-22(29)30)21(28)13-24(18,6)17-8-7-16(19(25)12-17)11-20(27)23(3,4)5/h7-8,12,14-15,20,27H,9-11,13H2,1-6H3,(H,29,30)/t20?,24-/m0/s1. The Hall–Kier alpha value is -1.85. The lowest BCUT2D eigenvalue weighted by Crippen LogP contribution is -2.42. The Kier molecular flexibility index (Phi) is 7.41. The second-order valence-corrected chi connectivity index (χ2v) is 10.3. The lowest BCUT2D eigenvalue weighted by atomic mass is 9.68. The van der Waals surface area contributed by atoms with Crippen LogP contribution in [0.15, 0.2) is 30.0 Å². The van der Waals surface area contributed by atoms with E-state index in [0.717, 1.165) is 16.7 Å². The van der Waals surface area contributed by atoms with Crippen LogP contribution in [0.3, 0.4) is 0 Å². The predicted molar refractivity (Wildman–Crippen MR) is 119 cm³/mol. The van der Waals surface area contributed by atoms with Crippen LogP contribution in [0.2, 0.25) is 5.02 Å². The minimum absolute atomic E-state index is 0.0824. The van der Waals surface area contributed by atoms with Crippen molar-refractivity contribution in [3.8, 4) is 0 Å². The van der Waals surface area contributed by atoms with Crippen LogP contribution >= 0.6 is 11.6 Å². The zero-order valence-electron chi connectivity index (χ0n) is 18.8. The van der Waals surface area contributed by atoms with E-state index in [2.05, 4.69) is 13.8 Å². The van der Waals surface area contributed by atoms with E-state index < -0.39 is 17.5 Å². The quantitative estimate of drug-likeness (QED) is 0.645. The normalized spacial score (nSPS) is 21.0. The largest absolute Gasteiger partial charge is 0.481 e. The SMILES string of the molecule is CC(C)C1=CN(CCC(=O)O)C(=O)C[C@@]1(C)c1ccc(CC(O)C(C)(C)C)c(Cl)c1. The molecular weight excluding hydrogens is 402 g/mol. The number of halogens is 1. The van der Waals surface area contributed by atoms with Crippen molar-refractivity contribution in [3.63, 3.8) is 0 Å². The third-order valence-corrected chi connectivity index (χ3v) is 6.40. The Balaban J connectivity index is 2.38. The third-order valence-electron chi connectivity index (χ3n) is 6.05. The highest BCUT2D eigenvalue weighted by Gasteiger charge is 2.40. The van der Waals surface area contributed by atoms with Gasteiger partial charge in [-0.25, -0.2) is 0 Å². The van der Waals surface area contributed by atoms with Crippen LogP contribution in [0.4, 0.5) is 0 Å². The predicted octanol–water partition coefficient (Wildman–Crippen LogP) is 4.79. The summed E-state index contributed by atoms with van der Waals surface area (Å²) >= 11 is 6.59. The smallest absolute Gasteiger partial charge is 0.305 e. The van der Waals surface area contributed by atoms with Crippen molar-refractivity contribution < 1.29 is 19.8 Å². The first-order valence-electron chi connectivity index (χ1n) is 10.5. The fourth-order valence-corrected chi connectivity index (χ4v) is 4.18. The van der Waals surface area contributed by atoms with Crippen LogP contribution < -0.4 is 0 Å². The summed E-state index contributed by atoms with van der Waals surface area (Å²) in [7, 11) is 0. The van der Waals surface area contributed by atoms with Crippen molar-refractivity contribution in [2.24, 2.45) is 11.3 Å². The molecule has 166 valence electrons. The number of aliphatic hydroxyl groups is 1. The van der Waals surface area contributed by atoms with Gasteiger partial charge < -0.3 is 15.1 Å². The fraction of sp³-hybridized carbons (Fsp3) is 0.583. The minimum atomic E-state index is -0.921. The molecule has 1 aliphatic heterocycles. The molecule has 2 N–H and O–H groups in total. The number of carbonyl (C=O) groups is 2. The average molecular weight is 436 g/mol. The second-order valence-electron chi connectivity index (χ2n) is 9.87. The molecule has 0 aliphatic carbocycles. The molecule has 0 bridgehead atoms. The molecular formula is C24H34ClNO4. The highest BCUT2D eigenvalue weighted by Crippen LogP contribution is 2.43. The van der Waals surface area contributed by atoms with E-state index in [-0.39, 0.29) is 36.6 Å². The number of carboxylic acid groups (broad SMARTS) is 1. The monoisotopic (exact) mass is 435 g/mol. The molecule has 1 amide bonds. The molecule has 1 aromatic rings. The van der Waals surface area contributed by atoms with Crippen LogP contribution in [-0.2, 0) is 21.4 Å². The molecule has 0 spiro atoms. The number of hydrogen-bond acceptors (Lipinski definition) is 3. The van der Waals surface area contributed by atoms with Crippen LogP contribution in [0, 0.1) is 11.3 Å². The topological polar surface area (TPSA) is 77.8 Å². The van der Waals surface area contributed by atoms with E-state index in [1.165, 1.54) is 4.90 Å². The molecule has 0 saturated carbocycles. The Labute approximate surface area is 184 Å². The maximum atomic E-state index is 12.8. The maximum Gasteiger partial charge on any atom is 0.305 e. The molecule has 0 fully saturated rings. The van der Waals surface area contributed by atoms with Gasteiger partial charge in [0.05, 0.1) is 12.5 Å². The molecule has 6 heteroatoms. The zero-order chi connectivity index (χ0) is 22.9. The molecule has 0 saturated heterocycles. The van der Waals surface area contributed by atoms with Crippen LogP contribution in [-0.4, -0.2) is 39.6 Å². The first kappa shape index (κ1) is 24.4. The molecule has 1 aliphatic rings. The van der Waals surface area contributed by atoms with E-state index in [4.69, 9.17) is 16.7 Å². The van der Waals surface area contributed by atoms with Crippen LogP contribution in [0.1, 0.15) is 65.5 Å². The summed E-state index contributed by atoms with van der Waals surface area (Å²) in [5.74, 6) is -0.835. The highest BCUT2D eigenvalue weighted by molar-refractivity contribution is 6.31. The van der Waals surface area contributed by atoms with Gasteiger partial charge in [0.2, 0.25) is 5.91 Å². The molecule has 1 aromatic carbocycles. The Morgan fingerprint density at radius 1 is 1.30 bits per heavy atom. The lowest BCUT2D eigenvalue weighted by Gasteiger charge is -2.41. The molecule has 1 heterocycles. The van der Waals surface area contributed by atoms with Gasteiger partial charge in [0.25, 0.3) is 0 Å². The number of carbonyl (C=O) groups excluding carboxylic acids is 1. The van der Waals surface area contributed by atoms with Crippen molar-refractivity contribution in [2.75, 3.05) is 6.54 Å². The van der Waals surface area contributed by atoms with Crippen molar-refractivity contribution in [1.82, 2.24) is 4.90 Å². The summed E-state index contributed by atoms with van der Waals surface area (Å²) in [5, 5.41) is 20.0. The van der Waals surface area contributed by atoms with Gasteiger partial charge in [-0.1, -0.05) is 65.3 Å². The van der Waals surface area contributed by atoms with Crippen molar-refractivity contribution in [2.45, 2.75) is 72.3 Å². The number of hydrogen-bond donors (Lipinski definition) is 2. The van der Waals surface area contributed by atoms with Gasteiger partial charge in [0.1, 0.15) is 0 Å². The number of nitrogens with zero attached hydrogens (tertiary/aromatic N) is 1. The van der Waals surface area contributed by atoms with Crippen molar-refractivity contribution >= 4 is 23.5 Å². The summed E-state index contributed by atoms with van der Waals surface area (Å²) in [6, 6.07) is 5.84. The molecule has 1 unspecified atom stereocenters. The number of allylic oxidation sites excluding steroid dienone is 1. The lowest BCUT2D eigenvalue weighted by molar-refractivity contribution is -0.138. The number of benzene rings is 1. The van der Waals surface area contributed by atoms with Gasteiger partial charge in [-0.15, -0.1) is 0 Å². The summed E-state index contributed by atoms with van der Waals surface area (Å²) < 4.78 is 0. The van der Waals surface area contributed by atoms with Gasteiger partial charge in [-0.2, -0.15) is 0 Å². The zero-order valence-corrected chi connectivity index (χ0v) is 19.6. The van der Waals surface area contributed by atoms with Crippen molar-refractivity contribution in [3.05, 3.63) is 46.1 Å². The van der Waals surface area contributed by atoms with Gasteiger partial charge in [0.15, 0.2) is 0 Å². The van der Waals surface area contributed by atoms with E-state index in [9.17, 15) is 14.7 Å². The Bertz CT molecular complexity index is 840. The number of amides is 1. The summed E-state index contributed by atoms with van der Waals surface area (Å²) in [6.45, 7) is 12.3. The molecule has 5 nitrogen and oxygen atoms in total. The Morgan fingerprint density at radius 2 is 1.93 bits per heavy atom. The first-order chi connectivity index (χ1) is 13.8. The molecule has 2 rings (SSSR count). The average Bonchev–Trinajstić information content (AvgIpc) is 2.61. The first-order valence-corrected chi connectivity index (χ1v) is 10.8. The molecule has 2 atom stereocenters. The van der Waals surface area contributed by atoms with Crippen LogP contribution in [0.25, 0.3) is 0 Å². The van der Waals surface area contributed by atoms with E-state index in [0.29, 0.717) is 11.4 Å². The number of carboxylic acids is 1. The number of aliphatic hydroxyl groups excluding tert-OH is 1. The highest BCUT2D eigenvalue weighted by atomic mass is 35.5. The number of rotatable bonds is 7. The second kappa shape index (κ2) is 9.11. The summed E-state index contributed by atoms with van der Waals surface area (Å²) in [6.07, 6.45) is 1.96. The van der Waals surface area contributed by atoms with Gasteiger partial charge in [-0.3, -0.25) is 9.59 Å². The molecule has 0 aromatic heterocycles. The van der Waals surface area contributed by atoms with Crippen molar-refractivity contribution in [1.29, 1.82) is 0 Å². The molecule has 30 heavy (non-hydrogen) atoms. The van der Waals surface area contributed by atoms with Gasteiger partial charge in [0, 0.05) is 36.0 Å². The minimum Gasteiger partial charge on any atom is -0.481 e. The maximum absolute atomic E-state index is 12.8.